The fraction of sp³-hybridized carbons (Fsp3) is 0.105. The number of carbonyl (C=O) groups is 1. The van der Waals surface area contributed by atoms with Gasteiger partial charge in [-0.1, -0.05) is 36.4 Å². The highest BCUT2D eigenvalue weighted by Crippen LogP contribution is 2.25. The maximum absolute atomic E-state index is 12.2. The van der Waals surface area contributed by atoms with E-state index in [1.807, 2.05) is 66.0 Å². The van der Waals surface area contributed by atoms with Gasteiger partial charge in [-0.05, 0) is 41.3 Å². The van der Waals surface area contributed by atoms with Gasteiger partial charge in [0, 0.05) is 10.4 Å². The van der Waals surface area contributed by atoms with E-state index in [2.05, 4.69) is 11.4 Å². The predicted molar refractivity (Wildman–Crippen MR) is 94.0 cm³/mol. The van der Waals surface area contributed by atoms with Crippen LogP contribution < -0.4 is 10.1 Å². The van der Waals surface area contributed by atoms with Crippen molar-refractivity contribution in [3.8, 4) is 16.2 Å². The number of hydrogen-bond acceptors (Lipinski definition) is 3. The summed E-state index contributed by atoms with van der Waals surface area (Å²) in [6, 6.07) is 21.3. The molecule has 0 fully saturated rings. The molecule has 1 amide bonds. The van der Waals surface area contributed by atoms with Crippen molar-refractivity contribution in [1.82, 2.24) is 5.32 Å². The van der Waals surface area contributed by atoms with E-state index in [9.17, 15) is 4.79 Å². The molecule has 3 aromatic rings. The Hall–Kier alpha value is -2.59. The zero-order valence-corrected chi connectivity index (χ0v) is 13.4. The molecule has 0 aliphatic rings. The molecule has 0 aliphatic heterocycles. The summed E-state index contributed by atoms with van der Waals surface area (Å²) in [6.07, 6.45) is 0. The van der Waals surface area contributed by atoms with Crippen LogP contribution in [0.15, 0.2) is 72.1 Å². The molecular weight excluding hydrogens is 306 g/mol. The summed E-state index contributed by atoms with van der Waals surface area (Å²) in [4.78, 5) is 13.4. The minimum Gasteiger partial charge on any atom is -0.492 e. The molecule has 116 valence electrons. The normalized spacial score (nSPS) is 10.3. The summed E-state index contributed by atoms with van der Waals surface area (Å²) in [6.45, 7) is 0.914. The molecule has 23 heavy (non-hydrogen) atoms. The Morgan fingerprint density at radius 3 is 2.65 bits per heavy atom. The number of para-hydroxylation sites is 1. The maximum atomic E-state index is 12.2. The number of thiophene rings is 1. The maximum Gasteiger partial charge on any atom is 0.251 e. The molecule has 0 radical (unpaired) electrons. The Bertz CT molecular complexity index is 754. The first-order valence-electron chi connectivity index (χ1n) is 7.43. The highest BCUT2D eigenvalue weighted by molar-refractivity contribution is 7.13. The molecule has 2 aromatic carbocycles. The molecule has 0 unspecified atom stereocenters. The molecule has 0 saturated carbocycles. The van der Waals surface area contributed by atoms with Gasteiger partial charge in [-0.2, -0.15) is 0 Å². The molecule has 0 atom stereocenters. The van der Waals surface area contributed by atoms with E-state index in [0.29, 0.717) is 18.7 Å². The Morgan fingerprint density at radius 1 is 1.00 bits per heavy atom. The molecular formula is C19H17NO2S. The molecule has 0 bridgehead atoms. The Morgan fingerprint density at radius 2 is 1.87 bits per heavy atom. The van der Waals surface area contributed by atoms with E-state index >= 15 is 0 Å². The van der Waals surface area contributed by atoms with Crippen molar-refractivity contribution in [2.45, 2.75) is 0 Å². The summed E-state index contributed by atoms with van der Waals surface area (Å²) in [7, 11) is 0. The molecule has 0 spiro atoms. The lowest BCUT2D eigenvalue weighted by Crippen LogP contribution is -2.28. The molecule has 1 N–H and O–H groups in total. The van der Waals surface area contributed by atoms with Crippen LogP contribution in [-0.4, -0.2) is 19.1 Å². The second kappa shape index (κ2) is 7.61. The van der Waals surface area contributed by atoms with E-state index in [1.165, 1.54) is 0 Å². The van der Waals surface area contributed by atoms with Gasteiger partial charge in [-0.25, -0.2) is 0 Å². The first-order valence-corrected chi connectivity index (χ1v) is 8.31. The van der Waals surface area contributed by atoms with Crippen LogP contribution in [0.1, 0.15) is 10.4 Å². The third-order valence-electron chi connectivity index (χ3n) is 3.33. The van der Waals surface area contributed by atoms with Crippen molar-refractivity contribution in [2.24, 2.45) is 0 Å². The first-order chi connectivity index (χ1) is 11.3. The standard InChI is InChI=1S/C19H17NO2S/c21-19(20-11-12-22-17-8-2-1-3-9-17)16-7-4-6-15(14-16)18-10-5-13-23-18/h1-10,13-14H,11-12H2,(H,20,21). The minimum atomic E-state index is -0.0833. The third kappa shape index (κ3) is 4.20. The number of carbonyl (C=O) groups excluding carboxylic acids is 1. The zero-order valence-electron chi connectivity index (χ0n) is 12.6. The minimum absolute atomic E-state index is 0.0833. The van der Waals surface area contributed by atoms with Crippen LogP contribution in [0.5, 0.6) is 5.75 Å². The van der Waals surface area contributed by atoms with E-state index in [1.54, 1.807) is 11.3 Å². The number of ether oxygens (including phenoxy) is 1. The van der Waals surface area contributed by atoms with E-state index in [4.69, 9.17) is 4.74 Å². The van der Waals surface area contributed by atoms with Crippen LogP contribution >= 0.6 is 11.3 Å². The molecule has 0 aliphatic carbocycles. The van der Waals surface area contributed by atoms with Crippen LogP contribution in [0.25, 0.3) is 10.4 Å². The van der Waals surface area contributed by atoms with Gasteiger partial charge < -0.3 is 10.1 Å². The lowest BCUT2D eigenvalue weighted by Gasteiger charge is -2.08. The van der Waals surface area contributed by atoms with Gasteiger partial charge in [0.05, 0.1) is 6.54 Å². The fourth-order valence-electron chi connectivity index (χ4n) is 2.21. The van der Waals surface area contributed by atoms with Crippen LogP contribution in [0.4, 0.5) is 0 Å². The average Bonchev–Trinajstić information content (AvgIpc) is 3.14. The molecule has 0 saturated heterocycles. The van der Waals surface area contributed by atoms with E-state index in [0.717, 1.165) is 16.2 Å². The average molecular weight is 323 g/mol. The molecule has 1 heterocycles. The van der Waals surface area contributed by atoms with Gasteiger partial charge in [0.1, 0.15) is 12.4 Å². The highest BCUT2D eigenvalue weighted by Gasteiger charge is 2.07. The van der Waals surface area contributed by atoms with Gasteiger partial charge in [0.25, 0.3) is 5.91 Å². The summed E-state index contributed by atoms with van der Waals surface area (Å²) in [5.74, 6) is 0.724. The second-order valence-corrected chi connectivity index (χ2v) is 5.92. The number of rotatable bonds is 6. The predicted octanol–water partition coefficient (Wildman–Crippen LogP) is 4.22. The van der Waals surface area contributed by atoms with Crippen LogP contribution in [0.3, 0.4) is 0 Å². The van der Waals surface area contributed by atoms with Gasteiger partial charge in [-0.15, -0.1) is 11.3 Å². The SMILES string of the molecule is O=C(NCCOc1ccccc1)c1cccc(-c2cccs2)c1. The largest absolute Gasteiger partial charge is 0.492 e. The lowest BCUT2D eigenvalue weighted by molar-refractivity contribution is 0.0947. The van der Waals surface area contributed by atoms with Gasteiger partial charge in [-0.3, -0.25) is 4.79 Å². The van der Waals surface area contributed by atoms with E-state index in [-0.39, 0.29) is 5.91 Å². The molecule has 1 aromatic heterocycles. The van der Waals surface area contributed by atoms with Crippen molar-refractivity contribution in [1.29, 1.82) is 0 Å². The van der Waals surface area contributed by atoms with Crippen LogP contribution in [0, 0.1) is 0 Å². The zero-order chi connectivity index (χ0) is 15.9. The number of nitrogens with one attached hydrogen (secondary N) is 1. The molecule has 3 rings (SSSR count). The Kier molecular flexibility index (Phi) is 5.06. The number of hydrogen-bond donors (Lipinski definition) is 1. The van der Waals surface area contributed by atoms with Crippen molar-refractivity contribution >= 4 is 17.2 Å². The molecule has 4 heteroatoms. The van der Waals surface area contributed by atoms with Crippen molar-refractivity contribution in [3.63, 3.8) is 0 Å². The Labute approximate surface area is 139 Å². The van der Waals surface area contributed by atoms with Crippen LogP contribution in [-0.2, 0) is 0 Å². The van der Waals surface area contributed by atoms with Crippen molar-refractivity contribution < 1.29 is 9.53 Å². The summed E-state index contributed by atoms with van der Waals surface area (Å²) >= 11 is 1.66. The second-order valence-electron chi connectivity index (χ2n) is 4.98. The number of benzene rings is 2. The third-order valence-corrected chi connectivity index (χ3v) is 4.25. The molecule has 3 nitrogen and oxygen atoms in total. The van der Waals surface area contributed by atoms with Gasteiger partial charge in [0.15, 0.2) is 0 Å². The first kappa shape index (κ1) is 15.3. The van der Waals surface area contributed by atoms with E-state index < -0.39 is 0 Å². The smallest absolute Gasteiger partial charge is 0.251 e. The lowest BCUT2D eigenvalue weighted by atomic mass is 10.1. The summed E-state index contributed by atoms with van der Waals surface area (Å²) < 4.78 is 5.56. The van der Waals surface area contributed by atoms with Gasteiger partial charge >= 0.3 is 0 Å². The highest BCUT2D eigenvalue weighted by atomic mass is 32.1. The summed E-state index contributed by atoms with van der Waals surface area (Å²) in [5.41, 5.74) is 1.73. The monoisotopic (exact) mass is 323 g/mol. The van der Waals surface area contributed by atoms with Crippen molar-refractivity contribution in [3.05, 3.63) is 77.7 Å². The fourth-order valence-corrected chi connectivity index (χ4v) is 2.93. The van der Waals surface area contributed by atoms with Gasteiger partial charge in [0.2, 0.25) is 0 Å². The quantitative estimate of drug-likeness (QED) is 0.690. The Balaban J connectivity index is 1.53. The van der Waals surface area contributed by atoms with Crippen molar-refractivity contribution in [2.75, 3.05) is 13.2 Å². The topological polar surface area (TPSA) is 38.3 Å². The van der Waals surface area contributed by atoms with Crippen LogP contribution in [0.2, 0.25) is 0 Å². The summed E-state index contributed by atoms with van der Waals surface area (Å²) in [5, 5.41) is 4.91. The number of amides is 1.